The van der Waals surface area contributed by atoms with Gasteiger partial charge in [-0.1, -0.05) is 26.0 Å². The number of hydrogen-bond donors (Lipinski definition) is 1. The summed E-state index contributed by atoms with van der Waals surface area (Å²) >= 11 is 2.32. The van der Waals surface area contributed by atoms with Crippen LogP contribution in [-0.2, 0) is 11.3 Å². The van der Waals surface area contributed by atoms with Crippen molar-refractivity contribution in [2.75, 3.05) is 19.8 Å². The lowest BCUT2D eigenvalue weighted by Gasteiger charge is -2.07. The highest BCUT2D eigenvalue weighted by Crippen LogP contribution is 2.06. The highest BCUT2D eigenvalue weighted by atomic mass is 127. The molecule has 0 heterocycles. The van der Waals surface area contributed by atoms with Gasteiger partial charge in [-0.05, 0) is 59.2 Å². The van der Waals surface area contributed by atoms with Crippen LogP contribution >= 0.6 is 22.6 Å². The summed E-state index contributed by atoms with van der Waals surface area (Å²) in [5.74, 6) is 0.634. The van der Waals surface area contributed by atoms with Crippen molar-refractivity contribution in [2.24, 2.45) is 5.92 Å². The molecule has 0 unspecified atom stereocenters. The zero-order valence-corrected chi connectivity index (χ0v) is 12.9. The Morgan fingerprint density at radius 3 is 2.59 bits per heavy atom. The molecule has 0 fully saturated rings. The summed E-state index contributed by atoms with van der Waals surface area (Å²) in [4.78, 5) is 0. The molecule has 96 valence electrons. The van der Waals surface area contributed by atoms with Crippen LogP contribution in [0.15, 0.2) is 24.3 Å². The Balaban J connectivity index is 1.99. The molecule has 0 bridgehead atoms. The van der Waals surface area contributed by atoms with E-state index in [2.05, 4.69) is 66.0 Å². The molecule has 0 radical (unpaired) electrons. The molecule has 0 atom stereocenters. The minimum absolute atomic E-state index is 0.634. The van der Waals surface area contributed by atoms with Crippen molar-refractivity contribution in [2.45, 2.75) is 26.8 Å². The summed E-state index contributed by atoms with van der Waals surface area (Å²) in [5, 5.41) is 3.43. The lowest BCUT2D eigenvalue weighted by atomic mass is 10.2. The number of ether oxygens (including phenoxy) is 1. The van der Waals surface area contributed by atoms with Gasteiger partial charge in [-0.15, -0.1) is 0 Å². The summed E-state index contributed by atoms with van der Waals surface area (Å²) in [5.41, 5.74) is 1.34. The van der Waals surface area contributed by atoms with Gasteiger partial charge in [0.2, 0.25) is 0 Å². The molecule has 1 aromatic carbocycles. The van der Waals surface area contributed by atoms with E-state index in [1.54, 1.807) is 0 Å². The number of halogens is 1. The first-order valence-electron chi connectivity index (χ1n) is 6.21. The Kier molecular flexibility index (Phi) is 7.81. The van der Waals surface area contributed by atoms with Crippen LogP contribution in [0, 0.1) is 9.49 Å². The van der Waals surface area contributed by atoms with E-state index in [9.17, 15) is 0 Å². The molecule has 0 aliphatic carbocycles. The maximum Gasteiger partial charge on any atom is 0.0489 e. The van der Waals surface area contributed by atoms with E-state index >= 15 is 0 Å². The quantitative estimate of drug-likeness (QED) is 0.575. The largest absolute Gasteiger partial charge is 0.381 e. The second kappa shape index (κ2) is 8.89. The monoisotopic (exact) mass is 347 g/mol. The smallest absolute Gasteiger partial charge is 0.0489 e. The van der Waals surface area contributed by atoms with Gasteiger partial charge >= 0.3 is 0 Å². The Morgan fingerprint density at radius 1 is 1.24 bits per heavy atom. The first kappa shape index (κ1) is 14.9. The highest BCUT2D eigenvalue weighted by molar-refractivity contribution is 14.1. The molecule has 0 saturated heterocycles. The van der Waals surface area contributed by atoms with E-state index in [1.807, 2.05) is 0 Å². The van der Waals surface area contributed by atoms with Gasteiger partial charge in [-0.2, -0.15) is 0 Å². The van der Waals surface area contributed by atoms with Gasteiger partial charge in [-0.25, -0.2) is 0 Å². The van der Waals surface area contributed by atoms with Gasteiger partial charge in [0, 0.05) is 23.3 Å². The number of nitrogens with one attached hydrogen (secondary N) is 1. The number of benzene rings is 1. The zero-order valence-electron chi connectivity index (χ0n) is 10.7. The van der Waals surface area contributed by atoms with Crippen LogP contribution in [0.4, 0.5) is 0 Å². The Labute approximate surface area is 118 Å². The molecule has 0 saturated carbocycles. The lowest BCUT2D eigenvalue weighted by Crippen LogP contribution is -2.16. The standard InChI is InChI=1S/C14H22INO/c1-12(2)11-17-9-3-8-16-10-13-4-6-14(15)7-5-13/h4-7,12,16H,3,8-11H2,1-2H3. The minimum Gasteiger partial charge on any atom is -0.381 e. The third-order valence-electron chi connectivity index (χ3n) is 2.34. The van der Waals surface area contributed by atoms with Crippen molar-refractivity contribution in [1.82, 2.24) is 5.32 Å². The van der Waals surface area contributed by atoms with E-state index in [0.29, 0.717) is 5.92 Å². The average molecular weight is 347 g/mol. The molecule has 0 amide bonds. The summed E-state index contributed by atoms with van der Waals surface area (Å²) in [6.07, 6.45) is 1.08. The van der Waals surface area contributed by atoms with Crippen LogP contribution in [0.1, 0.15) is 25.8 Å². The summed E-state index contributed by atoms with van der Waals surface area (Å²) in [7, 11) is 0. The second-order valence-electron chi connectivity index (χ2n) is 4.63. The minimum atomic E-state index is 0.634. The molecular formula is C14H22INO. The van der Waals surface area contributed by atoms with Gasteiger partial charge < -0.3 is 10.1 Å². The molecule has 1 N–H and O–H groups in total. The zero-order chi connectivity index (χ0) is 12.5. The van der Waals surface area contributed by atoms with Crippen LogP contribution in [-0.4, -0.2) is 19.8 Å². The molecule has 0 aliphatic rings. The van der Waals surface area contributed by atoms with Crippen LogP contribution in [0.3, 0.4) is 0 Å². The molecule has 2 nitrogen and oxygen atoms in total. The van der Waals surface area contributed by atoms with Gasteiger partial charge in [0.25, 0.3) is 0 Å². The predicted molar refractivity (Wildman–Crippen MR) is 81.1 cm³/mol. The predicted octanol–water partition coefficient (Wildman–Crippen LogP) is 3.44. The molecule has 1 rings (SSSR count). The first-order valence-corrected chi connectivity index (χ1v) is 7.29. The first-order chi connectivity index (χ1) is 8.18. The molecule has 1 aromatic rings. The Bertz CT molecular complexity index is 298. The summed E-state index contributed by atoms with van der Waals surface area (Å²) in [6, 6.07) is 8.63. The normalized spacial score (nSPS) is 11.1. The maximum absolute atomic E-state index is 5.52. The molecule has 0 spiro atoms. The fourth-order valence-electron chi connectivity index (χ4n) is 1.45. The molecule has 3 heteroatoms. The third-order valence-corrected chi connectivity index (χ3v) is 3.05. The number of rotatable bonds is 8. The SMILES string of the molecule is CC(C)COCCCNCc1ccc(I)cc1. The van der Waals surface area contributed by atoms with Crippen molar-refractivity contribution >= 4 is 22.6 Å². The van der Waals surface area contributed by atoms with Crippen molar-refractivity contribution in [3.63, 3.8) is 0 Å². The molecule has 0 aromatic heterocycles. The van der Waals surface area contributed by atoms with E-state index in [1.165, 1.54) is 9.13 Å². The molecule has 17 heavy (non-hydrogen) atoms. The summed E-state index contributed by atoms with van der Waals surface area (Å²) in [6.45, 7) is 8.05. The highest BCUT2D eigenvalue weighted by Gasteiger charge is 1.95. The van der Waals surface area contributed by atoms with Crippen molar-refractivity contribution < 1.29 is 4.74 Å². The van der Waals surface area contributed by atoms with Crippen LogP contribution in [0.25, 0.3) is 0 Å². The van der Waals surface area contributed by atoms with Gasteiger partial charge in [-0.3, -0.25) is 0 Å². The second-order valence-corrected chi connectivity index (χ2v) is 5.87. The van der Waals surface area contributed by atoms with Gasteiger partial charge in [0.1, 0.15) is 0 Å². The van der Waals surface area contributed by atoms with Crippen LogP contribution < -0.4 is 5.32 Å². The van der Waals surface area contributed by atoms with Gasteiger partial charge in [0.05, 0.1) is 0 Å². The van der Waals surface area contributed by atoms with Crippen LogP contribution in [0.2, 0.25) is 0 Å². The lowest BCUT2D eigenvalue weighted by molar-refractivity contribution is 0.108. The topological polar surface area (TPSA) is 21.3 Å². The fraction of sp³-hybridized carbons (Fsp3) is 0.571. The average Bonchev–Trinajstić information content (AvgIpc) is 2.30. The summed E-state index contributed by atoms with van der Waals surface area (Å²) < 4.78 is 6.81. The number of hydrogen-bond acceptors (Lipinski definition) is 2. The Hall–Kier alpha value is -0.130. The van der Waals surface area contributed by atoms with Crippen molar-refractivity contribution in [3.05, 3.63) is 33.4 Å². The van der Waals surface area contributed by atoms with E-state index < -0.39 is 0 Å². The maximum atomic E-state index is 5.52. The van der Waals surface area contributed by atoms with E-state index in [0.717, 1.165) is 32.7 Å². The third kappa shape index (κ3) is 7.73. The molecule has 0 aliphatic heterocycles. The van der Waals surface area contributed by atoms with Crippen molar-refractivity contribution in [3.8, 4) is 0 Å². The fourth-order valence-corrected chi connectivity index (χ4v) is 1.81. The van der Waals surface area contributed by atoms with Crippen LogP contribution in [0.5, 0.6) is 0 Å². The van der Waals surface area contributed by atoms with Gasteiger partial charge in [0.15, 0.2) is 0 Å². The van der Waals surface area contributed by atoms with E-state index in [-0.39, 0.29) is 0 Å². The molecular weight excluding hydrogens is 325 g/mol. The van der Waals surface area contributed by atoms with Crippen molar-refractivity contribution in [1.29, 1.82) is 0 Å². The van der Waals surface area contributed by atoms with E-state index in [4.69, 9.17) is 4.74 Å². The Morgan fingerprint density at radius 2 is 1.94 bits per heavy atom.